The highest BCUT2D eigenvalue weighted by atomic mass is 16.8. The van der Waals surface area contributed by atoms with E-state index in [1.54, 1.807) is 6.08 Å². The summed E-state index contributed by atoms with van der Waals surface area (Å²) in [4.78, 5) is 0. The highest BCUT2D eigenvalue weighted by molar-refractivity contribution is 4.89. The standard InChI is InChI=1S/C15H24O3/c1-3-8-13(16-11-4-2)14-12-17-15(18-14)9-6-5-7-10-15/h3-4,13-14H,1-2,5-12H2/t13-,14+/m0/s1. The molecule has 1 spiro atoms. The Morgan fingerprint density at radius 1 is 1.22 bits per heavy atom. The van der Waals surface area contributed by atoms with Gasteiger partial charge >= 0.3 is 0 Å². The molecule has 0 aromatic rings. The molecule has 0 unspecified atom stereocenters. The van der Waals surface area contributed by atoms with Crippen molar-refractivity contribution in [2.75, 3.05) is 13.2 Å². The van der Waals surface area contributed by atoms with Crippen molar-refractivity contribution in [2.45, 2.75) is 56.5 Å². The SMILES string of the molecule is C=CCO[C@@H](CC=C)[C@H]1COC2(CCCCC2)O1. The lowest BCUT2D eigenvalue weighted by atomic mass is 9.94. The molecule has 102 valence electrons. The van der Waals surface area contributed by atoms with E-state index in [2.05, 4.69) is 13.2 Å². The zero-order valence-electron chi connectivity index (χ0n) is 11.1. The molecule has 1 saturated carbocycles. The van der Waals surface area contributed by atoms with Crippen LogP contribution in [-0.4, -0.2) is 31.2 Å². The Kier molecular flexibility index (Phi) is 4.98. The summed E-state index contributed by atoms with van der Waals surface area (Å²) in [6.07, 6.45) is 10.2. The van der Waals surface area contributed by atoms with Crippen molar-refractivity contribution in [1.82, 2.24) is 0 Å². The summed E-state index contributed by atoms with van der Waals surface area (Å²) in [5.74, 6) is -0.320. The van der Waals surface area contributed by atoms with Crippen molar-refractivity contribution in [2.24, 2.45) is 0 Å². The molecule has 2 atom stereocenters. The summed E-state index contributed by atoms with van der Waals surface area (Å²) >= 11 is 0. The maximum Gasteiger partial charge on any atom is 0.169 e. The van der Waals surface area contributed by atoms with Crippen LogP contribution in [0.4, 0.5) is 0 Å². The first kappa shape index (κ1) is 13.8. The molecule has 18 heavy (non-hydrogen) atoms. The predicted octanol–water partition coefficient (Wildman–Crippen LogP) is 3.21. The van der Waals surface area contributed by atoms with E-state index in [1.807, 2.05) is 6.08 Å². The molecule has 1 aliphatic heterocycles. The lowest BCUT2D eigenvalue weighted by Gasteiger charge is -2.32. The van der Waals surface area contributed by atoms with Crippen LogP contribution in [0.3, 0.4) is 0 Å². The van der Waals surface area contributed by atoms with Crippen LogP contribution >= 0.6 is 0 Å². The quantitative estimate of drug-likeness (QED) is 0.679. The second-order valence-electron chi connectivity index (χ2n) is 5.12. The van der Waals surface area contributed by atoms with Crippen LogP contribution in [0, 0.1) is 0 Å². The topological polar surface area (TPSA) is 27.7 Å². The molecule has 3 nitrogen and oxygen atoms in total. The molecule has 0 amide bonds. The summed E-state index contributed by atoms with van der Waals surface area (Å²) in [6.45, 7) is 8.64. The molecule has 1 aliphatic carbocycles. The van der Waals surface area contributed by atoms with Gasteiger partial charge in [0, 0.05) is 12.8 Å². The summed E-state index contributed by atoms with van der Waals surface area (Å²) in [5, 5.41) is 0. The highest BCUT2D eigenvalue weighted by Gasteiger charge is 2.44. The van der Waals surface area contributed by atoms with Crippen molar-refractivity contribution in [1.29, 1.82) is 0 Å². The molecular formula is C15H24O3. The van der Waals surface area contributed by atoms with Gasteiger partial charge in [-0.05, 0) is 19.3 Å². The number of hydrogen-bond acceptors (Lipinski definition) is 3. The second kappa shape index (κ2) is 6.50. The first-order chi connectivity index (χ1) is 8.79. The minimum absolute atomic E-state index is 0.0287. The smallest absolute Gasteiger partial charge is 0.169 e. The Balaban J connectivity index is 1.91. The van der Waals surface area contributed by atoms with E-state index in [4.69, 9.17) is 14.2 Å². The summed E-state index contributed by atoms with van der Waals surface area (Å²) in [7, 11) is 0. The monoisotopic (exact) mass is 252 g/mol. The Hall–Kier alpha value is -0.640. The van der Waals surface area contributed by atoms with Gasteiger partial charge in [-0.15, -0.1) is 13.2 Å². The molecule has 0 N–H and O–H groups in total. The van der Waals surface area contributed by atoms with Crippen LogP contribution in [0.25, 0.3) is 0 Å². The van der Waals surface area contributed by atoms with E-state index >= 15 is 0 Å². The fourth-order valence-electron chi connectivity index (χ4n) is 2.80. The van der Waals surface area contributed by atoms with Gasteiger partial charge in [0.05, 0.1) is 19.3 Å². The van der Waals surface area contributed by atoms with Crippen LogP contribution in [0.2, 0.25) is 0 Å². The van der Waals surface area contributed by atoms with Gasteiger partial charge in [-0.3, -0.25) is 0 Å². The van der Waals surface area contributed by atoms with E-state index in [9.17, 15) is 0 Å². The molecule has 2 rings (SSSR count). The normalized spacial score (nSPS) is 28.1. The zero-order valence-corrected chi connectivity index (χ0v) is 11.1. The number of hydrogen-bond donors (Lipinski definition) is 0. The second-order valence-corrected chi connectivity index (χ2v) is 5.12. The molecule has 2 fully saturated rings. The third kappa shape index (κ3) is 3.22. The maximum absolute atomic E-state index is 6.17. The van der Waals surface area contributed by atoms with Crippen LogP contribution in [0.1, 0.15) is 38.5 Å². The molecule has 2 aliphatic rings. The van der Waals surface area contributed by atoms with Crippen LogP contribution in [0.5, 0.6) is 0 Å². The van der Waals surface area contributed by atoms with Gasteiger partial charge in [0.2, 0.25) is 0 Å². The number of ether oxygens (including phenoxy) is 3. The highest BCUT2D eigenvalue weighted by Crippen LogP contribution is 2.39. The fourth-order valence-corrected chi connectivity index (χ4v) is 2.80. The predicted molar refractivity (Wildman–Crippen MR) is 71.4 cm³/mol. The molecule has 3 heteroatoms. The van der Waals surface area contributed by atoms with E-state index < -0.39 is 0 Å². The molecule has 0 aromatic heterocycles. The number of rotatable bonds is 6. The molecule has 1 saturated heterocycles. The van der Waals surface area contributed by atoms with Crippen molar-refractivity contribution >= 4 is 0 Å². The lowest BCUT2D eigenvalue weighted by Crippen LogP contribution is -2.36. The van der Waals surface area contributed by atoms with Gasteiger partial charge in [-0.25, -0.2) is 0 Å². The Morgan fingerprint density at radius 2 is 2.00 bits per heavy atom. The first-order valence-electron chi connectivity index (χ1n) is 6.95. The minimum atomic E-state index is -0.320. The molecule has 0 radical (unpaired) electrons. The van der Waals surface area contributed by atoms with Crippen molar-refractivity contribution in [3.05, 3.63) is 25.3 Å². The lowest BCUT2D eigenvalue weighted by molar-refractivity contribution is -0.197. The Morgan fingerprint density at radius 3 is 2.67 bits per heavy atom. The van der Waals surface area contributed by atoms with Gasteiger partial charge < -0.3 is 14.2 Å². The molecular weight excluding hydrogens is 228 g/mol. The third-order valence-corrected chi connectivity index (χ3v) is 3.73. The maximum atomic E-state index is 6.17. The van der Waals surface area contributed by atoms with E-state index in [0.29, 0.717) is 13.2 Å². The van der Waals surface area contributed by atoms with Gasteiger partial charge in [0.15, 0.2) is 5.79 Å². The van der Waals surface area contributed by atoms with Crippen molar-refractivity contribution < 1.29 is 14.2 Å². The van der Waals surface area contributed by atoms with E-state index in [-0.39, 0.29) is 18.0 Å². The minimum Gasteiger partial charge on any atom is -0.371 e. The zero-order chi connectivity index (χ0) is 12.8. The first-order valence-corrected chi connectivity index (χ1v) is 6.95. The van der Waals surface area contributed by atoms with Gasteiger partial charge in [-0.1, -0.05) is 18.6 Å². The average Bonchev–Trinajstić information content (AvgIpc) is 2.79. The summed E-state index contributed by atoms with van der Waals surface area (Å²) in [6, 6.07) is 0. The molecule has 1 heterocycles. The van der Waals surface area contributed by atoms with Gasteiger partial charge in [0.25, 0.3) is 0 Å². The Labute approximate surface area is 110 Å². The van der Waals surface area contributed by atoms with E-state index in [1.165, 1.54) is 19.3 Å². The fraction of sp³-hybridized carbons (Fsp3) is 0.733. The average molecular weight is 252 g/mol. The van der Waals surface area contributed by atoms with Crippen molar-refractivity contribution in [3.8, 4) is 0 Å². The van der Waals surface area contributed by atoms with Crippen LogP contribution in [-0.2, 0) is 14.2 Å². The van der Waals surface area contributed by atoms with Gasteiger partial charge in [0.1, 0.15) is 6.10 Å². The third-order valence-electron chi connectivity index (χ3n) is 3.73. The van der Waals surface area contributed by atoms with Crippen molar-refractivity contribution in [3.63, 3.8) is 0 Å². The summed E-state index contributed by atoms with van der Waals surface area (Å²) in [5.41, 5.74) is 0. The largest absolute Gasteiger partial charge is 0.371 e. The molecule has 0 aromatic carbocycles. The Bertz CT molecular complexity index is 281. The van der Waals surface area contributed by atoms with Gasteiger partial charge in [-0.2, -0.15) is 0 Å². The van der Waals surface area contributed by atoms with Crippen LogP contribution in [0.15, 0.2) is 25.3 Å². The van der Waals surface area contributed by atoms with Crippen LogP contribution < -0.4 is 0 Å². The van der Waals surface area contributed by atoms with E-state index in [0.717, 1.165) is 19.3 Å². The molecule has 0 bridgehead atoms. The summed E-state index contributed by atoms with van der Waals surface area (Å²) < 4.78 is 17.9.